The Bertz CT molecular complexity index is 2650. The van der Waals surface area contributed by atoms with Crippen LogP contribution in [0.3, 0.4) is 0 Å². The van der Waals surface area contributed by atoms with E-state index in [1.54, 1.807) is 146 Å². The van der Waals surface area contributed by atoms with E-state index in [4.69, 9.17) is 0 Å². The van der Waals surface area contributed by atoms with Gasteiger partial charge >= 0.3 is 49.4 Å². The van der Waals surface area contributed by atoms with Crippen LogP contribution < -0.4 is 0 Å². The summed E-state index contributed by atoms with van der Waals surface area (Å²) in [6, 6.07) is 61.6. The maximum Gasteiger partial charge on any atom is 3.00 e. The minimum Gasteiger partial charge on any atom is -0.294 e. The number of aryl methyl sites for hydroxylation is 2. The molecule has 7 aromatic carbocycles. The van der Waals surface area contributed by atoms with Crippen molar-refractivity contribution in [3.05, 3.63) is 263 Å². The molecular formula is C59H48EuN2O6+3. The Balaban J connectivity index is 0.000000169. The topological polar surface area (TPSA) is 128 Å². The van der Waals surface area contributed by atoms with Crippen molar-refractivity contribution in [2.24, 2.45) is 0 Å². The van der Waals surface area contributed by atoms with Gasteiger partial charge in [0.15, 0.2) is 34.7 Å². The van der Waals surface area contributed by atoms with Gasteiger partial charge in [-0.25, -0.2) is 0 Å². The van der Waals surface area contributed by atoms with Crippen LogP contribution in [0.4, 0.5) is 0 Å². The summed E-state index contributed by atoms with van der Waals surface area (Å²) in [6.07, 6.45) is 3.47. The van der Waals surface area contributed by atoms with Crippen LogP contribution in [0.15, 0.2) is 219 Å². The van der Waals surface area contributed by atoms with Crippen LogP contribution in [0, 0.1) is 63.2 Å². The Kier molecular flexibility index (Phi) is 20.6. The molecule has 9 rings (SSSR count). The van der Waals surface area contributed by atoms with Crippen molar-refractivity contribution in [3.63, 3.8) is 0 Å². The summed E-state index contributed by atoms with van der Waals surface area (Å²) in [5, 5.41) is 2.38. The summed E-state index contributed by atoms with van der Waals surface area (Å²) in [4.78, 5) is 79.7. The smallest absolute Gasteiger partial charge is 0.294 e. The van der Waals surface area contributed by atoms with Crippen molar-refractivity contribution >= 4 is 56.5 Å². The maximum absolute atomic E-state index is 11.8. The van der Waals surface area contributed by atoms with Crippen molar-refractivity contribution < 1.29 is 78.1 Å². The van der Waals surface area contributed by atoms with E-state index in [0.29, 0.717) is 33.4 Å². The number of Topliss-reactive ketones (excluding diaryl/α,β-unsaturated/α-hetero) is 6. The van der Waals surface area contributed by atoms with Crippen molar-refractivity contribution in [2.75, 3.05) is 0 Å². The van der Waals surface area contributed by atoms with E-state index < -0.39 is 0 Å². The molecule has 0 N–H and O–H groups in total. The first kappa shape index (κ1) is 51.9. The molecule has 0 saturated carbocycles. The first-order valence-electron chi connectivity index (χ1n) is 21.7. The van der Waals surface area contributed by atoms with Gasteiger partial charge in [-0.2, -0.15) is 0 Å². The molecule has 2 aromatic heterocycles. The number of rotatable bonds is 12. The monoisotopic (exact) mass is 1030 g/mol. The largest absolute Gasteiger partial charge is 3.00 e. The second kappa shape index (κ2) is 26.9. The van der Waals surface area contributed by atoms with Crippen molar-refractivity contribution in [1.82, 2.24) is 9.97 Å². The molecule has 68 heavy (non-hydrogen) atoms. The van der Waals surface area contributed by atoms with E-state index in [0.717, 1.165) is 11.0 Å². The van der Waals surface area contributed by atoms with Crippen LogP contribution >= 0.6 is 0 Å². The molecule has 0 aliphatic rings. The second-order valence-electron chi connectivity index (χ2n) is 15.4. The second-order valence-corrected chi connectivity index (χ2v) is 15.4. The summed E-state index contributed by atoms with van der Waals surface area (Å²) < 4.78 is 0. The molecule has 9 aromatic rings. The molecule has 8 nitrogen and oxygen atoms in total. The summed E-state index contributed by atoms with van der Waals surface area (Å²) in [6.45, 7) is 4.21. The number of nitrogens with zero attached hydrogens (tertiary/aromatic N) is 2. The van der Waals surface area contributed by atoms with Crippen LogP contribution in [-0.2, 0) is 0 Å². The first-order chi connectivity index (χ1) is 32.6. The SMILES string of the molecule is Cc1ccnc2c1ccc1c(C)ccnc12.O=C(CC(=O)c1ccccc1)c1ccccc1.O=C(CC(=O)c1ccccc1)c1ccccc1.O=C(CC(=O)c1ccccc1)c1ccccc1.[Eu+3]. The molecule has 0 spiro atoms. The van der Waals surface area contributed by atoms with Gasteiger partial charge in [-0.05, 0) is 37.1 Å². The van der Waals surface area contributed by atoms with Crippen molar-refractivity contribution in [2.45, 2.75) is 33.1 Å². The molecular weight excluding hydrogens is 985 g/mol. The summed E-state index contributed by atoms with van der Waals surface area (Å²) in [5.74, 6) is -0.836. The third kappa shape index (κ3) is 15.3. The van der Waals surface area contributed by atoms with Gasteiger partial charge in [0.25, 0.3) is 0 Å². The van der Waals surface area contributed by atoms with E-state index in [2.05, 4.69) is 35.9 Å². The van der Waals surface area contributed by atoms with Crippen molar-refractivity contribution in [1.29, 1.82) is 0 Å². The van der Waals surface area contributed by atoms with Crippen LogP contribution in [0.1, 0.15) is 92.5 Å². The van der Waals surface area contributed by atoms with Gasteiger partial charge in [0.05, 0.1) is 30.3 Å². The van der Waals surface area contributed by atoms with Crippen LogP contribution in [0.5, 0.6) is 0 Å². The number of hydrogen-bond donors (Lipinski definition) is 0. The molecule has 0 fully saturated rings. The van der Waals surface area contributed by atoms with Gasteiger partial charge in [-0.1, -0.05) is 194 Å². The fourth-order valence-corrected chi connectivity index (χ4v) is 6.90. The molecule has 0 unspecified atom stereocenters. The quantitative estimate of drug-likeness (QED) is 0.0672. The fourth-order valence-electron chi connectivity index (χ4n) is 6.90. The summed E-state index contributed by atoms with van der Waals surface area (Å²) >= 11 is 0. The van der Waals surface area contributed by atoms with Gasteiger partial charge in [0, 0.05) is 56.5 Å². The van der Waals surface area contributed by atoms with E-state index in [-0.39, 0.29) is 103 Å². The Hall–Kier alpha value is -7.04. The number of benzene rings is 7. The molecule has 0 aliphatic carbocycles. The van der Waals surface area contributed by atoms with Crippen molar-refractivity contribution in [3.8, 4) is 0 Å². The average Bonchev–Trinajstić information content (AvgIpc) is 3.38. The zero-order valence-corrected chi connectivity index (χ0v) is 40.1. The van der Waals surface area contributed by atoms with E-state index in [1.807, 2.05) is 60.9 Å². The van der Waals surface area contributed by atoms with E-state index in [9.17, 15) is 28.8 Å². The Labute approximate surface area is 437 Å². The molecule has 0 radical (unpaired) electrons. The number of carbonyl (C=O) groups is 6. The number of fused-ring (bicyclic) bond motifs is 3. The fraction of sp³-hybridized carbons (Fsp3) is 0.0847. The third-order valence-electron chi connectivity index (χ3n) is 10.6. The van der Waals surface area contributed by atoms with E-state index in [1.165, 1.54) is 21.9 Å². The normalized spacial score (nSPS) is 10.0. The summed E-state index contributed by atoms with van der Waals surface area (Å²) in [5.41, 5.74) is 7.98. The Morgan fingerprint density at radius 1 is 0.294 bits per heavy atom. The average molecular weight is 1030 g/mol. The van der Waals surface area contributed by atoms with Gasteiger partial charge in [-0.3, -0.25) is 38.7 Å². The first-order valence-corrected chi connectivity index (χ1v) is 21.7. The predicted molar refractivity (Wildman–Crippen MR) is 265 cm³/mol. The standard InChI is InChI=1S/3C15H12O2.C14H12N2.Eu/c3*16-14(12-7-3-1-4-8-12)11-15(17)13-9-5-2-6-10-13;1-9-5-7-15-13-11(9)3-4-12-10(2)6-8-16-14(12)13;/h3*1-10H,11H2;3-8H,1-2H3;/q;;;;+3. The summed E-state index contributed by atoms with van der Waals surface area (Å²) in [7, 11) is 0. The Morgan fingerprint density at radius 2 is 0.485 bits per heavy atom. The van der Waals surface area contributed by atoms with Crippen LogP contribution in [0.25, 0.3) is 21.8 Å². The zero-order valence-electron chi connectivity index (χ0n) is 37.6. The number of pyridine rings is 2. The van der Waals surface area contributed by atoms with Gasteiger partial charge in [0.1, 0.15) is 0 Å². The minimum atomic E-state index is -0.139. The van der Waals surface area contributed by atoms with E-state index >= 15 is 0 Å². The number of carbonyl (C=O) groups excluding carboxylic acids is 6. The van der Waals surface area contributed by atoms with Crippen LogP contribution in [0.2, 0.25) is 0 Å². The molecule has 0 bridgehead atoms. The zero-order chi connectivity index (χ0) is 47.4. The van der Waals surface area contributed by atoms with Gasteiger partial charge < -0.3 is 0 Å². The molecule has 0 amide bonds. The number of ketones is 6. The molecule has 0 aliphatic heterocycles. The number of hydrogen-bond acceptors (Lipinski definition) is 8. The molecule has 0 atom stereocenters. The third-order valence-corrected chi connectivity index (χ3v) is 10.6. The molecule has 2 heterocycles. The predicted octanol–water partition coefficient (Wildman–Crippen LogP) is 12.8. The van der Waals surface area contributed by atoms with Gasteiger partial charge in [-0.15, -0.1) is 0 Å². The van der Waals surface area contributed by atoms with Gasteiger partial charge in [0.2, 0.25) is 0 Å². The number of aromatic nitrogens is 2. The molecule has 0 saturated heterocycles. The molecule has 9 heteroatoms. The maximum atomic E-state index is 11.8. The minimum absolute atomic E-state index is 0. The van der Waals surface area contributed by atoms with Crippen LogP contribution in [-0.4, -0.2) is 44.7 Å². The Morgan fingerprint density at radius 3 is 0.676 bits per heavy atom. The molecule has 334 valence electrons.